The van der Waals surface area contributed by atoms with Crippen LogP contribution in [0.25, 0.3) is 0 Å². The molecule has 0 aliphatic rings. The molecule has 0 atom stereocenters. The van der Waals surface area contributed by atoms with Crippen molar-refractivity contribution in [3.63, 3.8) is 0 Å². The van der Waals surface area contributed by atoms with Crippen LogP contribution in [0.1, 0.15) is 11.3 Å². The van der Waals surface area contributed by atoms with E-state index < -0.39 is 33.6 Å². The molecule has 4 rings (SSSR count). The van der Waals surface area contributed by atoms with E-state index in [9.17, 15) is 26.4 Å². The molecule has 8 nitrogen and oxygen atoms in total. The molecule has 1 N–H and O–H groups in total. The van der Waals surface area contributed by atoms with Crippen molar-refractivity contribution in [2.45, 2.75) is 18.0 Å². The summed E-state index contributed by atoms with van der Waals surface area (Å²) in [5.74, 6) is -2.02. The largest absolute Gasteiger partial charge is 0.493 e. The monoisotopic (exact) mass is 546 g/mol. The van der Waals surface area contributed by atoms with Gasteiger partial charge in [0.2, 0.25) is 0 Å². The highest BCUT2D eigenvalue weighted by Crippen LogP contribution is 2.32. The lowest BCUT2D eigenvalue weighted by Crippen LogP contribution is -2.34. The molecular weight excluding hydrogens is 525 g/mol. The molecule has 1 aromatic heterocycles. The van der Waals surface area contributed by atoms with Gasteiger partial charge in [0.15, 0.2) is 11.5 Å². The van der Waals surface area contributed by atoms with Gasteiger partial charge >= 0.3 is 16.1 Å². The van der Waals surface area contributed by atoms with Crippen LogP contribution in [0.15, 0.2) is 88.4 Å². The normalized spacial score (nSPS) is 11.2. The Morgan fingerprint density at radius 2 is 1.66 bits per heavy atom. The van der Waals surface area contributed by atoms with Gasteiger partial charge in [0, 0.05) is 12.6 Å². The Balaban J connectivity index is 1.60. The van der Waals surface area contributed by atoms with Crippen LogP contribution >= 0.6 is 0 Å². The number of halogens is 3. The summed E-state index contributed by atoms with van der Waals surface area (Å²) < 4.78 is 81.9. The molecule has 12 heteroatoms. The van der Waals surface area contributed by atoms with Crippen molar-refractivity contribution in [3.8, 4) is 11.5 Å². The number of urea groups is 1. The van der Waals surface area contributed by atoms with Crippen LogP contribution in [-0.4, -0.2) is 26.5 Å². The first kappa shape index (κ1) is 26.6. The van der Waals surface area contributed by atoms with Gasteiger partial charge in [-0.05, 0) is 66.2 Å². The van der Waals surface area contributed by atoms with E-state index in [0.717, 1.165) is 36.4 Å². The lowest BCUT2D eigenvalue weighted by atomic mass is 10.2. The molecule has 0 saturated heterocycles. The van der Waals surface area contributed by atoms with Crippen molar-refractivity contribution in [3.05, 3.63) is 108 Å². The van der Waals surface area contributed by atoms with Gasteiger partial charge < -0.3 is 23.6 Å². The minimum atomic E-state index is -4.34. The summed E-state index contributed by atoms with van der Waals surface area (Å²) >= 11 is 0. The summed E-state index contributed by atoms with van der Waals surface area (Å²) in [5, 5.41) is 2.39. The zero-order valence-electron chi connectivity index (χ0n) is 19.9. The highest BCUT2D eigenvalue weighted by atomic mass is 32.2. The van der Waals surface area contributed by atoms with E-state index in [2.05, 4.69) is 5.32 Å². The number of anilines is 1. The van der Waals surface area contributed by atoms with Gasteiger partial charge in [-0.15, -0.1) is 0 Å². The Bertz CT molecular complexity index is 1530. The second kappa shape index (κ2) is 11.3. The Morgan fingerprint density at radius 3 is 2.32 bits per heavy atom. The maximum Gasteiger partial charge on any atom is 0.339 e. The number of ether oxygens (including phenoxy) is 1. The molecule has 198 valence electrons. The number of rotatable bonds is 9. The quantitative estimate of drug-likeness (QED) is 0.270. The van der Waals surface area contributed by atoms with Crippen LogP contribution in [-0.2, 0) is 23.2 Å². The number of carbonyl (C=O) groups is 1. The maximum atomic E-state index is 14.1. The first-order chi connectivity index (χ1) is 18.1. The molecule has 0 aliphatic heterocycles. The Morgan fingerprint density at radius 1 is 0.921 bits per heavy atom. The lowest BCUT2D eigenvalue weighted by Gasteiger charge is -2.23. The number of carbonyl (C=O) groups excluding carboxylic acids is 1. The van der Waals surface area contributed by atoms with Gasteiger partial charge in [-0.3, -0.25) is 0 Å². The van der Waals surface area contributed by atoms with Crippen molar-refractivity contribution in [2.75, 3.05) is 12.4 Å². The fourth-order valence-corrected chi connectivity index (χ4v) is 4.38. The first-order valence-corrected chi connectivity index (χ1v) is 12.5. The third kappa shape index (κ3) is 6.45. The van der Waals surface area contributed by atoms with Crippen LogP contribution in [0.3, 0.4) is 0 Å². The maximum absolute atomic E-state index is 14.1. The average Bonchev–Trinajstić information content (AvgIpc) is 3.39. The number of amides is 2. The van der Waals surface area contributed by atoms with E-state index in [-0.39, 0.29) is 35.2 Å². The van der Waals surface area contributed by atoms with Crippen LogP contribution in [0.2, 0.25) is 0 Å². The number of nitrogens with zero attached hydrogens (tertiary/aromatic N) is 1. The first-order valence-electron chi connectivity index (χ1n) is 11.0. The molecule has 0 saturated carbocycles. The fraction of sp³-hybridized carbons (Fsp3) is 0.115. The lowest BCUT2D eigenvalue weighted by molar-refractivity contribution is 0.201. The van der Waals surface area contributed by atoms with Crippen molar-refractivity contribution in [1.29, 1.82) is 0 Å². The number of hydrogen-bond acceptors (Lipinski definition) is 6. The predicted molar refractivity (Wildman–Crippen MR) is 131 cm³/mol. The van der Waals surface area contributed by atoms with Crippen LogP contribution < -0.4 is 14.2 Å². The molecule has 0 bridgehead atoms. The van der Waals surface area contributed by atoms with Gasteiger partial charge in [-0.25, -0.2) is 18.0 Å². The van der Waals surface area contributed by atoms with Gasteiger partial charge in [0.1, 0.15) is 28.1 Å². The average molecular weight is 547 g/mol. The summed E-state index contributed by atoms with van der Waals surface area (Å²) in [5.41, 5.74) is 0.196. The number of nitrogens with one attached hydrogen (secondary N) is 1. The molecule has 0 radical (unpaired) electrons. The summed E-state index contributed by atoms with van der Waals surface area (Å²) in [7, 11) is -3.02. The number of furan rings is 1. The van der Waals surface area contributed by atoms with Gasteiger partial charge in [0.05, 0.1) is 25.6 Å². The number of hydrogen-bond donors (Lipinski definition) is 1. The molecule has 3 aromatic carbocycles. The van der Waals surface area contributed by atoms with Crippen molar-refractivity contribution >= 4 is 21.8 Å². The van der Waals surface area contributed by atoms with Crippen LogP contribution in [0.5, 0.6) is 11.5 Å². The third-order valence-corrected chi connectivity index (χ3v) is 6.54. The summed E-state index contributed by atoms with van der Waals surface area (Å²) in [6, 6.07) is 13.8. The van der Waals surface area contributed by atoms with Crippen molar-refractivity contribution < 1.29 is 39.7 Å². The molecule has 0 aliphatic carbocycles. The van der Waals surface area contributed by atoms with E-state index in [1.54, 1.807) is 18.2 Å². The fourth-order valence-electron chi connectivity index (χ4n) is 3.45. The second-order valence-electron chi connectivity index (χ2n) is 7.97. The topological polar surface area (TPSA) is 98.1 Å². The Hall–Kier alpha value is -4.45. The third-order valence-electron chi connectivity index (χ3n) is 5.29. The standard InChI is InChI=1S/C26H21F3N2O6S/c1-35-24-11-4-17(13-25(24)37-38(33,34)21-8-5-18(27)6-9-21)15-31(16-20-3-2-12-36-20)26(32)30-23-10-7-19(28)14-22(23)29/h2-14H,15-16H2,1H3,(H,30,32). The van der Waals surface area contributed by atoms with Gasteiger partial charge in [-0.2, -0.15) is 8.42 Å². The summed E-state index contributed by atoms with van der Waals surface area (Å²) in [6.45, 7) is -0.121. The Kier molecular flexibility index (Phi) is 7.91. The minimum absolute atomic E-state index is 0.0300. The smallest absolute Gasteiger partial charge is 0.339 e. The van der Waals surface area contributed by atoms with E-state index >= 15 is 0 Å². The molecule has 0 spiro atoms. The highest BCUT2D eigenvalue weighted by molar-refractivity contribution is 7.87. The molecule has 0 unspecified atom stereocenters. The minimum Gasteiger partial charge on any atom is -0.493 e. The van der Waals surface area contributed by atoms with E-state index in [4.69, 9.17) is 13.3 Å². The highest BCUT2D eigenvalue weighted by Gasteiger charge is 2.22. The summed E-state index contributed by atoms with van der Waals surface area (Å²) in [6.07, 6.45) is 1.42. The summed E-state index contributed by atoms with van der Waals surface area (Å²) in [4.78, 5) is 14.1. The zero-order chi connectivity index (χ0) is 27.3. The zero-order valence-corrected chi connectivity index (χ0v) is 20.7. The Labute approximate surface area is 216 Å². The molecular formula is C26H21F3N2O6S. The molecule has 2 amide bonds. The predicted octanol–water partition coefficient (Wildman–Crippen LogP) is 5.71. The molecule has 4 aromatic rings. The van der Waals surface area contributed by atoms with Crippen molar-refractivity contribution in [2.24, 2.45) is 0 Å². The van der Waals surface area contributed by atoms with Gasteiger partial charge in [-0.1, -0.05) is 6.07 Å². The molecule has 1 heterocycles. The number of methoxy groups -OCH3 is 1. The van der Waals surface area contributed by atoms with Crippen LogP contribution in [0, 0.1) is 17.5 Å². The van der Waals surface area contributed by atoms with E-state index in [1.165, 1.54) is 30.4 Å². The second-order valence-corrected chi connectivity index (χ2v) is 9.51. The van der Waals surface area contributed by atoms with E-state index in [1.807, 2.05) is 0 Å². The van der Waals surface area contributed by atoms with Crippen molar-refractivity contribution in [1.82, 2.24) is 4.90 Å². The molecule has 38 heavy (non-hydrogen) atoms. The van der Waals surface area contributed by atoms with Gasteiger partial charge in [0.25, 0.3) is 0 Å². The van der Waals surface area contributed by atoms with Crippen LogP contribution in [0.4, 0.5) is 23.7 Å². The molecule has 0 fully saturated rings. The van der Waals surface area contributed by atoms with E-state index in [0.29, 0.717) is 17.4 Å². The SMILES string of the molecule is COc1ccc(CN(Cc2ccco2)C(=O)Nc2ccc(F)cc2F)cc1OS(=O)(=O)c1ccc(F)cc1. The number of benzene rings is 3.